The van der Waals surface area contributed by atoms with E-state index in [1.165, 1.54) is 10.9 Å². The highest BCUT2D eigenvalue weighted by Gasteiger charge is 2.57. The molecule has 2 saturated heterocycles. The lowest BCUT2D eigenvalue weighted by Crippen LogP contribution is -2.64. The van der Waals surface area contributed by atoms with E-state index < -0.39 is 0 Å². The van der Waals surface area contributed by atoms with Gasteiger partial charge in [0.2, 0.25) is 5.91 Å². The molecular formula is C23H28N2O2. The van der Waals surface area contributed by atoms with Gasteiger partial charge in [0.25, 0.3) is 0 Å². The summed E-state index contributed by atoms with van der Waals surface area (Å²) in [5, 5.41) is 1.22. The molecule has 3 heterocycles. The molecule has 142 valence electrons. The van der Waals surface area contributed by atoms with Gasteiger partial charge in [-0.05, 0) is 62.5 Å². The van der Waals surface area contributed by atoms with Crippen LogP contribution in [0.1, 0.15) is 63.9 Å². The predicted molar refractivity (Wildman–Crippen MR) is 105 cm³/mol. The van der Waals surface area contributed by atoms with Crippen LogP contribution in [-0.4, -0.2) is 33.7 Å². The number of carbonyl (C=O) groups is 2. The fourth-order valence-electron chi connectivity index (χ4n) is 6.44. The number of aromatic amines is 1. The Hall–Kier alpha value is -2.10. The number of piperidine rings is 2. The van der Waals surface area contributed by atoms with E-state index in [4.69, 9.17) is 0 Å². The van der Waals surface area contributed by atoms with Crippen molar-refractivity contribution in [3.05, 3.63) is 36.0 Å². The Kier molecular flexibility index (Phi) is 3.75. The van der Waals surface area contributed by atoms with Gasteiger partial charge in [-0.1, -0.05) is 25.1 Å². The van der Waals surface area contributed by atoms with E-state index in [-0.39, 0.29) is 29.3 Å². The van der Waals surface area contributed by atoms with Crippen molar-refractivity contribution in [3.8, 4) is 0 Å². The zero-order valence-corrected chi connectivity index (χ0v) is 16.2. The molecule has 2 saturated carbocycles. The molecule has 4 fully saturated rings. The van der Waals surface area contributed by atoms with E-state index in [9.17, 15) is 9.59 Å². The van der Waals surface area contributed by atoms with Crippen LogP contribution in [0.2, 0.25) is 0 Å². The standard InChI is InChI=1S/C23H28N2O2/c1-14(20-13-24-21-6-4-3-5-19(20)21)7-22(27)25-17-8-16-9-18(25)12-23(10-16,11-17)15(2)26/h3-6,13-14,16-18,24H,7-12H2,1-2H3. The molecule has 0 spiro atoms. The molecule has 3 atom stereocenters. The number of H-pyrrole nitrogens is 1. The number of nitrogens with zero attached hydrogens (tertiary/aromatic N) is 1. The first-order chi connectivity index (χ1) is 13.0. The SMILES string of the molecule is CC(=O)C12CC3CC(C1)N(C(=O)CC(C)c1c[nH]c4ccccc14)C(C3)C2. The number of fused-ring (bicyclic) bond motifs is 1. The number of rotatable bonds is 4. The molecule has 27 heavy (non-hydrogen) atoms. The smallest absolute Gasteiger partial charge is 0.223 e. The summed E-state index contributed by atoms with van der Waals surface area (Å²) in [6.45, 7) is 3.92. The molecule has 0 radical (unpaired) electrons. The van der Waals surface area contributed by atoms with E-state index >= 15 is 0 Å². The van der Waals surface area contributed by atoms with Gasteiger partial charge in [-0.25, -0.2) is 0 Å². The Morgan fingerprint density at radius 2 is 1.89 bits per heavy atom. The summed E-state index contributed by atoms with van der Waals surface area (Å²) in [7, 11) is 0. The first-order valence-corrected chi connectivity index (χ1v) is 10.3. The summed E-state index contributed by atoms with van der Waals surface area (Å²) in [5.41, 5.74) is 2.23. The van der Waals surface area contributed by atoms with Gasteiger partial charge >= 0.3 is 0 Å². The predicted octanol–water partition coefficient (Wildman–Crippen LogP) is 4.41. The minimum Gasteiger partial charge on any atom is -0.361 e. The zero-order chi connectivity index (χ0) is 18.8. The van der Waals surface area contributed by atoms with Gasteiger partial charge in [0, 0.05) is 41.0 Å². The van der Waals surface area contributed by atoms with Gasteiger partial charge < -0.3 is 9.88 Å². The van der Waals surface area contributed by atoms with Crippen molar-refractivity contribution in [1.29, 1.82) is 0 Å². The van der Waals surface area contributed by atoms with E-state index in [0.717, 1.165) is 37.6 Å². The molecule has 1 amide bonds. The van der Waals surface area contributed by atoms with E-state index in [0.29, 0.717) is 18.1 Å². The lowest BCUT2D eigenvalue weighted by Gasteiger charge is -2.61. The molecule has 2 aliphatic heterocycles. The third-order valence-electron chi connectivity index (χ3n) is 7.60. The highest BCUT2D eigenvalue weighted by atomic mass is 16.2. The van der Waals surface area contributed by atoms with Crippen molar-refractivity contribution in [2.45, 2.75) is 70.4 Å². The number of hydrogen-bond acceptors (Lipinski definition) is 2. The van der Waals surface area contributed by atoms with Crippen LogP contribution in [0.4, 0.5) is 0 Å². The molecular weight excluding hydrogens is 336 g/mol. The molecule has 4 bridgehead atoms. The summed E-state index contributed by atoms with van der Waals surface area (Å²) in [4.78, 5) is 31.1. The Morgan fingerprint density at radius 3 is 2.59 bits per heavy atom. The molecule has 3 unspecified atom stereocenters. The summed E-state index contributed by atoms with van der Waals surface area (Å²) in [5.74, 6) is 1.45. The van der Waals surface area contributed by atoms with Gasteiger partial charge in [-0.3, -0.25) is 9.59 Å². The number of ketones is 1. The first-order valence-electron chi connectivity index (χ1n) is 10.3. The van der Waals surface area contributed by atoms with Crippen molar-refractivity contribution >= 4 is 22.6 Å². The Morgan fingerprint density at radius 1 is 1.19 bits per heavy atom. The maximum Gasteiger partial charge on any atom is 0.223 e. The fraction of sp³-hybridized carbons (Fsp3) is 0.565. The summed E-state index contributed by atoms with van der Waals surface area (Å²) in [6.07, 6.45) is 7.64. The van der Waals surface area contributed by atoms with Crippen LogP contribution in [-0.2, 0) is 9.59 Å². The average molecular weight is 364 g/mol. The van der Waals surface area contributed by atoms with Crippen LogP contribution in [0.25, 0.3) is 10.9 Å². The minimum atomic E-state index is -0.129. The Bertz CT molecular complexity index is 898. The number of para-hydroxylation sites is 1. The van der Waals surface area contributed by atoms with E-state index in [1.54, 1.807) is 6.92 Å². The lowest BCUT2D eigenvalue weighted by atomic mass is 9.54. The Balaban J connectivity index is 1.35. The molecule has 1 aromatic heterocycles. The molecule has 6 rings (SSSR count). The second-order valence-electron chi connectivity index (χ2n) is 9.29. The van der Waals surface area contributed by atoms with Crippen molar-refractivity contribution in [2.24, 2.45) is 11.3 Å². The summed E-state index contributed by atoms with van der Waals surface area (Å²) >= 11 is 0. The van der Waals surface area contributed by atoms with Crippen LogP contribution in [0.3, 0.4) is 0 Å². The van der Waals surface area contributed by atoms with Crippen LogP contribution in [0.5, 0.6) is 0 Å². The topological polar surface area (TPSA) is 53.2 Å². The molecule has 4 heteroatoms. The number of Topliss-reactive ketones (excluding diaryl/α,β-unsaturated/α-hetero) is 1. The lowest BCUT2D eigenvalue weighted by molar-refractivity contribution is -0.165. The zero-order valence-electron chi connectivity index (χ0n) is 16.2. The second kappa shape index (κ2) is 5.95. The highest BCUT2D eigenvalue weighted by Crippen LogP contribution is 2.56. The number of benzene rings is 1. The molecule has 2 aromatic rings. The summed E-state index contributed by atoms with van der Waals surface area (Å²) < 4.78 is 0. The number of nitrogens with one attached hydrogen (secondary N) is 1. The van der Waals surface area contributed by atoms with Gasteiger partial charge in [-0.2, -0.15) is 0 Å². The molecule has 1 aromatic carbocycles. The van der Waals surface area contributed by atoms with Crippen LogP contribution in [0.15, 0.2) is 30.5 Å². The van der Waals surface area contributed by atoms with Crippen molar-refractivity contribution < 1.29 is 9.59 Å². The van der Waals surface area contributed by atoms with Gasteiger partial charge in [0.05, 0.1) is 0 Å². The quantitative estimate of drug-likeness (QED) is 0.874. The monoisotopic (exact) mass is 364 g/mol. The second-order valence-corrected chi connectivity index (χ2v) is 9.29. The number of hydrogen-bond donors (Lipinski definition) is 1. The van der Waals surface area contributed by atoms with Crippen molar-refractivity contribution in [1.82, 2.24) is 9.88 Å². The third kappa shape index (κ3) is 2.56. The number of aromatic nitrogens is 1. The van der Waals surface area contributed by atoms with Crippen LogP contribution < -0.4 is 0 Å². The number of carbonyl (C=O) groups excluding carboxylic acids is 2. The largest absolute Gasteiger partial charge is 0.361 e. The van der Waals surface area contributed by atoms with Crippen LogP contribution in [0, 0.1) is 11.3 Å². The van der Waals surface area contributed by atoms with Crippen LogP contribution >= 0.6 is 0 Å². The minimum absolute atomic E-state index is 0.129. The number of amides is 1. The van der Waals surface area contributed by atoms with Gasteiger partial charge in [0.15, 0.2) is 0 Å². The Labute approximate surface area is 160 Å². The maximum absolute atomic E-state index is 13.3. The first kappa shape index (κ1) is 17.0. The van der Waals surface area contributed by atoms with Crippen molar-refractivity contribution in [2.75, 3.05) is 0 Å². The van der Waals surface area contributed by atoms with Gasteiger partial charge in [0.1, 0.15) is 5.78 Å². The molecule has 4 aliphatic rings. The summed E-state index contributed by atoms with van der Waals surface area (Å²) in [6, 6.07) is 8.85. The molecule has 1 N–H and O–H groups in total. The normalized spacial score (nSPS) is 32.8. The average Bonchev–Trinajstić information content (AvgIpc) is 3.05. The molecule has 4 nitrogen and oxygen atoms in total. The van der Waals surface area contributed by atoms with Crippen molar-refractivity contribution in [3.63, 3.8) is 0 Å². The molecule has 2 aliphatic carbocycles. The fourth-order valence-corrected chi connectivity index (χ4v) is 6.44. The maximum atomic E-state index is 13.3. The van der Waals surface area contributed by atoms with E-state index in [2.05, 4.69) is 41.2 Å². The third-order valence-corrected chi connectivity index (χ3v) is 7.60. The van der Waals surface area contributed by atoms with E-state index in [1.807, 2.05) is 6.07 Å². The van der Waals surface area contributed by atoms with Gasteiger partial charge in [-0.15, -0.1) is 0 Å². The highest BCUT2D eigenvalue weighted by molar-refractivity contribution is 5.86.